The Balaban J connectivity index is 1.99. The van der Waals surface area contributed by atoms with Crippen molar-refractivity contribution in [1.82, 2.24) is 10.6 Å². The van der Waals surface area contributed by atoms with E-state index in [1.807, 2.05) is 0 Å². The zero-order chi connectivity index (χ0) is 14.8. The summed E-state index contributed by atoms with van der Waals surface area (Å²) in [6.07, 6.45) is -0.418. The number of non-ortho nitro benzene ring substituents is 1. The van der Waals surface area contributed by atoms with E-state index >= 15 is 0 Å². The molecule has 0 unspecified atom stereocenters. The number of rotatable bonds is 3. The van der Waals surface area contributed by atoms with E-state index in [1.54, 1.807) is 0 Å². The molecule has 1 aromatic carbocycles. The Morgan fingerprint density at radius 1 is 1.40 bits per heavy atom. The molecule has 1 aliphatic heterocycles. The molecule has 1 amide bonds. The van der Waals surface area contributed by atoms with Gasteiger partial charge in [0.25, 0.3) is 17.5 Å². The predicted octanol–water partition coefficient (Wildman–Crippen LogP) is 1.32. The van der Waals surface area contributed by atoms with Crippen LogP contribution < -0.4 is 10.6 Å². The van der Waals surface area contributed by atoms with Crippen molar-refractivity contribution >= 4 is 11.6 Å². The van der Waals surface area contributed by atoms with Gasteiger partial charge in [0.2, 0.25) is 0 Å². The third-order valence-corrected chi connectivity index (χ3v) is 2.99. The lowest BCUT2D eigenvalue weighted by Crippen LogP contribution is -2.53. The van der Waals surface area contributed by atoms with Crippen molar-refractivity contribution in [2.24, 2.45) is 0 Å². The number of carbonyl (C=O) groups is 1. The Labute approximate surface area is 113 Å². The first kappa shape index (κ1) is 14.3. The summed E-state index contributed by atoms with van der Waals surface area (Å²) in [7, 11) is 0. The van der Waals surface area contributed by atoms with Crippen molar-refractivity contribution in [3.8, 4) is 0 Å². The summed E-state index contributed by atoms with van der Waals surface area (Å²) in [5.74, 6) is -3.37. The number of halogens is 2. The molecule has 20 heavy (non-hydrogen) atoms. The van der Waals surface area contributed by atoms with Crippen molar-refractivity contribution in [3.63, 3.8) is 0 Å². The van der Waals surface area contributed by atoms with E-state index in [0.29, 0.717) is 0 Å². The maximum Gasteiger partial charge on any atom is 0.269 e. The van der Waals surface area contributed by atoms with Gasteiger partial charge in [-0.25, -0.2) is 8.78 Å². The second-order valence-corrected chi connectivity index (χ2v) is 4.67. The van der Waals surface area contributed by atoms with Crippen LogP contribution in [0.1, 0.15) is 16.8 Å². The van der Waals surface area contributed by atoms with Crippen LogP contribution in [0.15, 0.2) is 24.3 Å². The SMILES string of the molecule is O=C(N[C@@H]1CNCC(F)(F)C1)c1ccc([N+](=O)[O-])cc1. The molecule has 2 N–H and O–H groups in total. The van der Waals surface area contributed by atoms with Crippen molar-refractivity contribution in [3.05, 3.63) is 39.9 Å². The van der Waals surface area contributed by atoms with Gasteiger partial charge in [-0.3, -0.25) is 14.9 Å². The monoisotopic (exact) mass is 285 g/mol. The average Bonchev–Trinajstić information content (AvgIpc) is 2.37. The molecular weight excluding hydrogens is 272 g/mol. The molecule has 1 heterocycles. The van der Waals surface area contributed by atoms with Gasteiger partial charge in [0, 0.05) is 36.7 Å². The molecule has 0 aromatic heterocycles. The molecule has 0 radical (unpaired) electrons. The molecule has 1 atom stereocenters. The topological polar surface area (TPSA) is 84.3 Å². The van der Waals surface area contributed by atoms with Gasteiger partial charge in [0.15, 0.2) is 0 Å². The molecule has 2 rings (SSSR count). The van der Waals surface area contributed by atoms with E-state index in [4.69, 9.17) is 0 Å². The summed E-state index contributed by atoms with van der Waals surface area (Å²) in [6.45, 7) is -0.120. The van der Waals surface area contributed by atoms with Crippen LogP contribution >= 0.6 is 0 Å². The van der Waals surface area contributed by atoms with E-state index < -0.39 is 35.8 Å². The Hall–Kier alpha value is -2.09. The van der Waals surface area contributed by atoms with Gasteiger partial charge >= 0.3 is 0 Å². The molecule has 1 aromatic rings. The summed E-state index contributed by atoms with van der Waals surface area (Å²) in [5, 5.41) is 15.5. The van der Waals surface area contributed by atoms with Crippen LogP contribution in [0.3, 0.4) is 0 Å². The van der Waals surface area contributed by atoms with E-state index in [2.05, 4.69) is 10.6 Å². The Morgan fingerprint density at radius 3 is 2.60 bits per heavy atom. The largest absolute Gasteiger partial charge is 0.348 e. The maximum atomic E-state index is 13.2. The lowest BCUT2D eigenvalue weighted by Gasteiger charge is -2.30. The number of amides is 1. The second-order valence-electron chi connectivity index (χ2n) is 4.67. The van der Waals surface area contributed by atoms with Gasteiger partial charge in [0.05, 0.1) is 11.5 Å². The van der Waals surface area contributed by atoms with Crippen LogP contribution in [0.4, 0.5) is 14.5 Å². The third-order valence-electron chi connectivity index (χ3n) is 2.99. The van der Waals surface area contributed by atoms with Gasteiger partial charge < -0.3 is 10.6 Å². The normalized spacial score (nSPS) is 21.2. The fraction of sp³-hybridized carbons (Fsp3) is 0.417. The van der Waals surface area contributed by atoms with Gasteiger partial charge in [-0.15, -0.1) is 0 Å². The number of piperidine rings is 1. The third kappa shape index (κ3) is 3.47. The zero-order valence-electron chi connectivity index (χ0n) is 10.4. The summed E-state index contributed by atoms with van der Waals surface area (Å²) >= 11 is 0. The smallest absolute Gasteiger partial charge is 0.269 e. The van der Waals surface area contributed by atoms with Crippen molar-refractivity contribution in [2.75, 3.05) is 13.1 Å². The number of carbonyl (C=O) groups excluding carboxylic acids is 1. The highest BCUT2D eigenvalue weighted by Gasteiger charge is 2.36. The molecular formula is C12H13F2N3O3. The van der Waals surface area contributed by atoms with E-state index in [9.17, 15) is 23.7 Å². The van der Waals surface area contributed by atoms with Crippen LogP contribution in [0.5, 0.6) is 0 Å². The number of alkyl halides is 2. The molecule has 8 heteroatoms. The van der Waals surface area contributed by atoms with Crippen LogP contribution in [0.25, 0.3) is 0 Å². The van der Waals surface area contributed by atoms with Crippen molar-refractivity contribution in [1.29, 1.82) is 0 Å². The number of nitrogens with zero attached hydrogens (tertiary/aromatic N) is 1. The summed E-state index contributed by atoms with van der Waals surface area (Å²) in [4.78, 5) is 21.8. The first-order valence-corrected chi connectivity index (χ1v) is 6.01. The molecule has 0 saturated carbocycles. The minimum absolute atomic E-state index is 0.132. The predicted molar refractivity (Wildman–Crippen MR) is 66.8 cm³/mol. The number of hydrogen-bond acceptors (Lipinski definition) is 4. The minimum atomic E-state index is -2.84. The number of nitrogens with one attached hydrogen (secondary N) is 2. The Bertz CT molecular complexity index is 519. The molecule has 0 bridgehead atoms. The fourth-order valence-corrected chi connectivity index (χ4v) is 2.04. The average molecular weight is 285 g/mol. The second kappa shape index (κ2) is 5.49. The number of benzene rings is 1. The van der Waals surface area contributed by atoms with Gasteiger partial charge in [-0.05, 0) is 12.1 Å². The van der Waals surface area contributed by atoms with Crippen LogP contribution in [-0.2, 0) is 0 Å². The fourth-order valence-electron chi connectivity index (χ4n) is 2.04. The molecule has 0 aliphatic carbocycles. The zero-order valence-corrected chi connectivity index (χ0v) is 10.4. The quantitative estimate of drug-likeness (QED) is 0.648. The van der Waals surface area contributed by atoms with Gasteiger partial charge in [-0.2, -0.15) is 0 Å². The molecule has 1 saturated heterocycles. The van der Waals surface area contributed by atoms with Crippen molar-refractivity contribution < 1.29 is 18.5 Å². The van der Waals surface area contributed by atoms with Crippen LogP contribution in [0.2, 0.25) is 0 Å². The van der Waals surface area contributed by atoms with E-state index in [1.165, 1.54) is 24.3 Å². The minimum Gasteiger partial charge on any atom is -0.348 e. The first-order valence-electron chi connectivity index (χ1n) is 6.01. The number of nitro groups is 1. The Kier molecular flexibility index (Phi) is 3.93. The number of hydrogen-bond donors (Lipinski definition) is 2. The van der Waals surface area contributed by atoms with Gasteiger partial charge in [-0.1, -0.05) is 0 Å². The lowest BCUT2D eigenvalue weighted by molar-refractivity contribution is -0.384. The molecule has 6 nitrogen and oxygen atoms in total. The summed E-state index contributed by atoms with van der Waals surface area (Å²) in [5.41, 5.74) is 0.0666. The number of nitro benzene ring substituents is 1. The molecule has 0 spiro atoms. The maximum absolute atomic E-state index is 13.2. The molecule has 108 valence electrons. The Morgan fingerprint density at radius 2 is 2.05 bits per heavy atom. The highest BCUT2D eigenvalue weighted by molar-refractivity contribution is 5.94. The highest BCUT2D eigenvalue weighted by atomic mass is 19.3. The summed E-state index contributed by atoms with van der Waals surface area (Å²) < 4.78 is 26.3. The highest BCUT2D eigenvalue weighted by Crippen LogP contribution is 2.22. The van der Waals surface area contributed by atoms with Crippen LogP contribution in [-0.4, -0.2) is 35.9 Å². The summed E-state index contributed by atoms with van der Waals surface area (Å²) in [6, 6.07) is 4.32. The standard InChI is InChI=1S/C12H13F2N3O3/c13-12(14)5-9(6-15-7-12)16-11(18)8-1-3-10(4-2-8)17(19)20/h1-4,9,15H,5-7H2,(H,16,18)/t9-/m0/s1. The first-order chi connectivity index (χ1) is 9.37. The van der Waals surface area contributed by atoms with E-state index in [0.717, 1.165) is 0 Å². The lowest BCUT2D eigenvalue weighted by atomic mass is 10.0. The van der Waals surface area contributed by atoms with Crippen LogP contribution in [0, 0.1) is 10.1 Å². The molecule has 1 aliphatic rings. The molecule has 1 fully saturated rings. The van der Waals surface area contributed by atoms with Gasteiger partial charge in [0.1, 0.15) is 0 Å². The van der Waals surface area contributed by atoms with Crippen molar-refractivity contribution in [2.45, 2.75) is 18.4 Å². The van der Waals surface area contributed by atoms with E-state index in [-0.39, 0.29) is 17.8 Å².